The zero-order chi connectivity index (χ0) is 19.2. The van der Waals surface area contributed by atoms with E-state index in [1.165, 1.54) is 11.3 Å². The third-order valence-electron chi connectivity index (χ3n) is 3.92. The molecule has 2 heterocycles. The summed E-state index contributed by atoms with van der Waals surface area (Å²) in [6.45, 7) is 6.52. The summed E-state index contributed by atoms with van der Waals surface area (Å²) in [5.41, 5.74) is 1.69. The van der Waals surface area contributed by atoms with Crippen molar-refractivity contribution in [1.82, 2.24) is 19.9 Å². The van der Waals surface area contributed by atoms with Crippen LogP contribution in [0.25, 0.3) is 10.8 Å². The van der Waals surface area contributed by atoms with Gasteiger partial charge in [-0.05, 0) is 30.7 Å². The highest BCUT2D eigenvalue weighted by Crippen LogP contribution is 2.27. The molecule has 0 aliphatic carbocycles. The molecule has 0 aliphatic rings. The molecule has 7 heteroatoms. The number of aromatic nitrogens is 3. The van der Waals surface area contributed by atoms with Crippen LogP contribution in [0.1, 0.15) is 20.9 Å². The molecule has 0 spiro atoms. The monoisotopic (exact) mass is 380 g/mol. The quantitative estimate of drug-likeness (QED) is 0.584. The lowest BCUT2D eigenvalue weighted by atomic mass is 10.2. The zero-order valence-electron chi connectivity index (χ0n) is 15.3. The van der Waals surface area contributed by atoms with Crippen molar-refractivity contribution in [3.05, 3.63) is 71.5 Å². The molecule has 0 aliphatic heterocycles. The molecular formula is C20H20N4O2S. The molecule has 1 aromatic carbocycles. The second-order valence-electron chi connectivity index (χ2n) is 5.83. The molecule has 6 nitrogen and oxygen atoms in total. The van der Waals surface area contributed by atoms with Crippen molar-refractivity contribution < 1.29 is 9.53 Å². The number of ether oxygens (including phenoxy) is 1. The number of nitrogens with zero attached hydrogens (tertiary/aromatic N) is 4. The number of rotatable bonds is 7. The van der Waals surface area contributed by atoms with Crippen LogP contribution >= 0.6 is 11.3 Å². The SMILES string of the molecule is C=CCN(Cc1ccc(OC)cc1)C(=O)c1sc(-c2ncccn2)nc1C. The summed E-state index contributed by atoms with van der Waals surface area (Å²) in [4.78, 5) is 28.3. The molecule has 0 saturated heterocycles. The molecule has 0 atom stereocenters. The maximum Gasteiger partial charge on any atom is 0.266 e. The summed E-state index contributed by atoms with van der Waals surface area (Å²) >= 11 is 1.31. The van der Waals surface area contributed by atoms with Gasteiger partial charge in [0.15, 0.2) is 10.8 Å². The fourth-order valence-corrected chi connectivity index (χ4v) is 3.55. The molecule has 3 rings (SSSR count). The summed E-state index contributed by atoms with van der Waals surface area (Å²) < 4.78 is 5.18. The Balaban J connectivity index is 1.84. The predicted octanol–water partition coefficient (Wildman–Crippen LogP) is 3.75. The highest BCUT2D eigenvalue weighted by atomic mass is 32.1. The Morgan fingerprint density at radius 3 is 2.59 bits per heavy atom. The van der Waals surface area contributed by atoms with E-state index in [0.717, 1.165) is 11.3 Å². The lowest BCUT2D eigenvalue weighted by Gasteiger charge is -2.21. The molecule has 27 heavy (non-hydrogen) atoms. The highest BCUT2D eigenvalue weighted by molar-refractivity contribution is 7.17. The number of carbonyl (C=O) groups is 1. The van der Waals surface area contributed by atoms with Crippen LogP contribution in [0.5, 0.6) is 5.75 Å². The number of aryl methyl sites for hydroxylation is 1. The normalized spacial score (nSPS) is 10.4. The van der Waals surface area contributed by atoms with E-state index in [1.54, 1.807) is 36.5 Å². The standard InChI is InChI=1S/C20H20N4O2S/c1-4-12-24(13-15-6-8-16(26-3)9-7-15)20(25)17-14(2)23-19(27-17)18-21-10-5-11-22-18/h4-11H,1,12-13H2,2-3H3. The first-order valence-corrected chi connectivity index (χ1v) is 9.22. The first-order valence-electron chi connectivity index (χ1n) is 8.40. The number of hydrogen-bond donors (Lipinski definition) is 0. The van der Waals surface area contributed by atoms with Crippen LogP contribution in [0, 0.1) is 6.92 Å². The van der Waals surface area contributed by atoms with E-state index in [0.29, 0.717) is 34.5 Å². The Kier molecular flexibility index (Phi) is 5.93. The minimum absolute atomic E-state index is 0.0806. The highest BCUT2D eigenvalue weighted by Gasteiger charge is 2.22. The average molecular weight is 380 g/mol. The molecule has 0 N–H and O–H groups in total. The number of benzene rings is 1. The second kappa shape index (κ2) is 8.55. The van der Waals surface area contributed by atoms with Gasteiger partial charge >= 0.3 is 0 Å². The average Bonchev–Trinajstić information content (AvgIpc) is 3.10. The molecule has 1 amide bonds. The first-order chi connectivity index (χ1) is 13.1. The van der Waals surface area contributed by atoms with E-state index in [4.69, 9.17) is 4.74 Å². The van der Waals surface area contributed by atoms with E-state index < -0.39 is 0 Å². The van der Waals surface area contributed by atoms with Crippen molar-refractivity contribution >= 4 is 17.2 Å². The van der Waals surface area contributed by atoms with Crippen LogP contribution < -0.4 is 4.74 Å². The number of carbonyl (C=O) groups excluding carboxylic acids is 1. The van der Waals surface area contributed by atoms with Gasteiger partial charge in [0.2, 0.25) is 0 Å². The summed E-state index contributed by atoms with van der Waals surface area (Å²) in [5.74, 6) is 1.23. The molecule has 0 unspecified atom stereocenters. The molecule has 138 valence electrons. The van der Waals surface area contributed by atoms with E-state index in [2.05, 4.69) is 21.5 Å². The lowest BCUT2D eigenvalue weighted by Crippen LogP contribution is -2.30. The topological polar surface area (TPSA) is 68.2 Å². The van der Waals surface area contributed by atoms with Crippen molar-refractivity contribution in [2.75, 3.05) is 13.7 Å². The third kappa shape index (κ3) is 4.38. The Labute approximate surface area is 162 Å². The van der Waals surface area contributed by atoms with Gasteiger partial charge in [0, 0.05) is 25.5 Å². The number of hydrogen-bond acceptors (Lipinski definition) is 6. The fraction of sp³-hybridized carbons (Fsp3) is 0.200. The van der Waals surface area contributed by atoms with Gasteiger partial charge < -0.3 is 9.64 Å². The van der Waals surface area contributed by atoms with E-state index in [-0.39, 0.29) is 5.91 Å². The Hall–Kier alpha value is -3.06. The third-order valence-corrected chi connectivity index (χ3v) is 5.06. The fourth-order valence-electron chi connectivity index (χ4n) is 2.57. The van der Waals surface area contributed by atoms with Crippen molar-refractivity contribution in [2.24, 2.45) is 0 Å². The maximum absolute atomic E-state index is 13.1. The number of thiazole rings is 1. The van der Waals surface area contributed by atoms with E-state index in [1.807, 2.05) is 31.2 Å². The van der Waals surface area contributed by atoms with Crippen molar-refractivity contribution in [3.8, 4) is 16.6 Å². The zero-order valence-corrected chi connectivity index (χ0v) is 16.1. The molecule has 3 aromatic rings. The first kappa shape index (κ1) is 18.7. The van der Waals surface area contributed by atoms with Crippen molar-refractivity contribution in [3.63, 3.8) is 0 Å². The minimum Gasteiger partial charge on any atom is -0.497 e. The molecular weight excluding hydrogens is 360 g/mol. The number of amides is 1. The smallest absolute Gasteiger partial charge is 0.266 e. The predicted molar refractivity (Wildman–Crippen MR) is 106 cm³/mol. The molecule has 0 radical (unpaired) electrons. The van der Waals surface area contributed by atoms with Crippen LogP contribution in [-0.4, -0.2) is 39.4 Å². The van der Waals surface area contributed by atoms with Crippen molar-refractivity contribution in [2.45, 2.75) is 13.5 Å². The Morgan fingerprint density at radius 2 is 1.96 bits per heavy atom. The van der Waals surface area contributed by atoms with Crippen LogP contribution in [0.2, 0.25) is 0 Å². The molecule has 2 aromatic heterocycles. The van der Waals surface area contributed by atoms with Gasteiger partial charge in [-0.3, -0.25) is 4.79 Å². The summed E-state index contributed by atoms with van der Waals surface area (Å²) in [7, 11) is 1.63. The van der Waals surface area contributed by atoms with Gasteiger partial charge in [-0.1, -0.05) is 18.2 Å². The van der Waals surface area contributed by atoms with Crippen LogP contribution in [0.3, 0.4) is 0 Å². The minimum atomic E-state index is -0.0806. The Morgan fingerprint density at radius 1 is 1.26 bits per heavy atom. The van der Waals surface area contributed by atoms with E-state index in [9.17, 15) is 4.79 Å². The lowest BCUT2D eigenvalue weighted by molar-refractivity contribution is 0.0766. The van der Waals surface area contributed by atoms with Gasteiger partial charge in [-0.25, -0.2) is 15.0 Å². The second-order valence-corrected chi connectivity index (χ2v) is 6.83. The van der Waals surface area contributed by atoms with Crippen LogP contribution in [-0.2, 0) is 6.54 Å². The summed E-state index contributed by atoms with van der Waals surface area (Å²) in [6.07, 6.45) is 5.04. The van der Waals surface area contributed by atoms with Crippen LogP contribution in [0.4, 0.5) is 0 Å². The summed E-state index contributed by atoms with van der Waals surface area (Å²) in [6, 6.07) is 9.41. The van der Waals surface area contributed by atoms with Crippen molar-refractivity contribution in [1.29, 1.82) is 0 Å². The van der Waals surface area contributed by atoms with Gasteiger partial charge in [0.1, 0.15) is 10.6 Å². The largest absolute Gasteiger partial charge is 0.497 e. The van der Waals surface area contributed by atoms with Gasteiger partial charge in [-0.15, -0.1) is 17.9 Å². The van der Waals surface area contributed by atoms with Gasteiger partial charge in [-0.2, -0.15) is 0 Å². The molecule has 0 saturated carbocycles. The Bertz CT molecular complexity index is 923. The van der Waals surface area contributed by atoms with Gasteiger partial charge in [0.05, 0.1) is 12.8 Å². The van der Waals surface area contributed by atoms with Crippen LogP contribution in [0.15, 0.2) is 55.4 Å². The number of methoxy groups -OCH3 is 1. The maximum atomic E-state index is 13.1. The van der Waals surface area contributed by atoms with Gasteiger partial charge in [0.25, 0.3) is 5.91 Å². The van der Waals surface area contributed by atoms with E-state index >= 15 is 0 Å². The summed E-state index contributed by atoms with van der Waals surface area (Å²) in [5, 5.41) is 0.638. The molecule has 0 fully saturated rings. The molecule has 0 bridgehead atoms.